The molecule has 4 heteroatoms. The van der Waals surface area contributed by atoms with Crippen molar-refractivity contribution in [3.8, 4) is 0 Å². The molecule has 0 spiro atoms. The minimum absolute atomic E-state index is 0.0184. The van der Waals surface area contributed by atoms with E-state index in [2.05, 4.69) is 13.8 Å². The molecule has 0 saturated carbocycles. The quantitative estimate of drug-likeness (QED) is 0.253. The highest BCUT2D eigenvalue weighted by atomic mass is 16.5. The van der Waals surface area contributed by atoms with Crippen molar-refractivity contribution in [1.82, 2.24) is 0 Å². The van der Waals surface area contributed by atoms with Crippen LogP contribution in [0, 0.1) is 0 Å². The van der Waals surface area contributed by atoms with E-state index in [4.69, 9.17) is 9.47 Å². The van der Waals surface area contributed by atoms with E-state index in [9.17, 15) is 9.59 Å². The number of hydrogen-bond donors (Lipinski definition) is 0. The minimum Gasteiger partial charge on any atom is -0.463 e. The fourth-order valence-corrected chi connectivity index (χ4v) is 2.78. The smallest absolute Gasteiger partial charge is 0.306 e. The Bertz CT molecular complexity index is 341. The first-order chi connectivity index (χ1) is 12.0. The van der Waals surface area contributed by atoms with Crippen LogP contribution in [0.1, 0.15) is 111 Å². The predicted molar refractivity (Wildman–Crippen MR) is 102 cm³/mol. The molecule has 148 valence electrons. The molecule has 4 nitrogen and oxygen atoms in total. The Labute approximate surface area is 155 Å². The maximum Gasteiger partial charge on any atom is 0.306 e. The zero-order chi connectivity index (χ0) is 18.9. The summed E-state index contributed by atoms with van der Waals surface area (Å²) < 4.78 is 10.8. The van der Waals surface area contributed by atoms with Gasteiger partial charge in [0, 0.05) is 0 Å². The first-order valence-corrected chi connectivity index (χ1v) is 10.4. The summed E-state index contributed by atoms with van der Waals surface area (Å²) in [5.41, 5.74) is 0. The monoisotopic (exact) mass is 356 g/mol. The second-order valence-electron chi connectivity index (χ2n) is 7.02. The van der Waals surface area contributed by atoms with Crippen LogP contribution in [-0.4, -0.2) is 24.1 Å². The molecule has 2 unspecified atom stereocenters. The molecule has 0 radical (unpaired) electrons. The van der Waals surface area contributed by atoms with Crippen molar-refractivity contribution in [2.45, 2.75) is 123 Å². The number of ether oxygens (including phenoxy) is 2. The molecule has 0 heterocycles. The van der Waals surface area contributed by atoms with E-state index in [0.29, 0.717) is 0 Å². The van der Waals surface area contributed by atoms with E-state index in [1.54, 1.807) is 0 Å². The molecular weight excluding hydrogens is 316 g/mol. The van der Waals surface area contributed by atoms with Gasteiger partial charge in [-0.3, -0.25) is 9.59 Å². The lowest BCUT2D eigenvalue weighted by molar-refractivity contribution is -0.156. The number of hydrogen-bond acceptors (Lipinski definition) is 4. The van der Waals surface area contributed by atoms with Crippen molar-refractivity contribution in [3.05, 3.63) is 0 Å². The highest BCUT2D eigenvalue weighted by Gasteiger charge is 2.15. The zero-order valence-corrected chi connectivity index (χ0v) is 17.0. The molecule has 0 aliphatic heterocycles. The van der Waals surface area contributed by atoms with Gasteiger partial charge in [-0.2, -0.15) is 0 Å². The summed E-state index contributed by atoms with van der Waals surface area (Å²) in [6.45, 7) is 8.29. The highest BCUT2D eigenvalue weighted by Crippen LogP contribution is 2.12. The number of carbonyl (C=O) groups is 2. The third-order valence-electron chi connectivity index (χ3n) is 4.46. The van der Waals surface area contributed by atoms with E-state index in [0.717, 1.165) is 38.5 Å². The Morgan fingerprint density at radius 3 is 1.88 bits per heavy atom. The van der Waals surface area contributed by atoms with E-state index in [-0.39, 0.29) is 37.0 Å². The van der Waals surface area contributed by atoms with Crippen LogP contribution < -0.4 is 0 Å². The van der Waals surface area contributed by atoms with E-state index < -0.39 is 0 Å². The molecule has 0 bridgehead atoms. The van der Waals surface area contributed by atoms with Crippen LogP contribution in [0.2, 0.25) is 0 Å². The maximum atomic E-state index is 11.8. The Hall–Kier alpha value is -1.06. The van der Waals surface area contributed by atoms with Crippen LogP contribution in [0.4, 0.5) is 0 Å². The van der Waals surface area contributed by atoms with Crippen LogP contribution in [0.25, 0.3) is 0 Å². The van der Waals surface area contributed by atoms with E-state index in [1.165, 1.54) is 32.1 Å². The summed E-state index contributed by atoms with van der Waals surface area (Å²) in [4.78, 5) is 23.7. The van der Waals surface area contributed by atoms with Crippen molar-refractivity contribution in [2.75, 3.05) is 0 Å². The average Bonchev–Trinajstić information content (AvgIpc) is 2.59. The van der Waals surface area contributed by atoms with Crippen LogP contribution in [0.3, 0.4) is 0 Å². The van der Waals surface area contributed by atoms with Crippen LogP contribution in [0.15, 0.2) is 0 Å². The van der Waals surface area contributed by atoms with Gasteiger partial charge in [0.15, 0.2) is 0 Å². The van der Waals surface area contributed by atoms with Gasteiger partial charge in [0.1, 0.15) is 6.10 Å². The van der Waals surface area contributed by atoms with E-state index in [1.807, 2.05) is 13.8 Å². The summed E-state index contributed by atoms with van der Waals surface area (Å²) in [6.07, 6.45) is 12.3. The molecule has 0 aliphatic rings. The second kappa shape index (κ2) is 16.4. The Balaban J connectivity index is 3.77. The van der Waals surface area contributed by atoms with Crippen molar-refractivity contribution in [2.24, 2.45) is 0 Å². The van der Waals surface area contributed by atoms with Crippen LogP contribution in [-0.2, 0) is 19.1 Å². The summed E-state index contributed by atoms with van der Waals surface area (Å²) in [7, 11) is 0. The Kier molecular flexibility index (Phi) is 15.7. The van der Waals surface area contributed by atoms with E-state index >= 15 is 0 Å². The molecule has 0 aromatic heterocycles. The third kappa shape index (κ3) is 14.9. The standard InChI is InChI=1S/C21H40O4/c1-5-8-10-11-12-13-14-18(4)24-20(22)16-17-21(23)25-19(7-3)15-9-6-2/h18-19H,5-17H2,1-4H3. The zero-order valence-electron chi connectivity index (χ0n) is 17.0. The molecule has 0 N–H and O–H groups in total. The summed E-state index contributed by atoms with van der Waals surface area (Å²) in [6, 6.07) is 0. The first-order valence-electron chi connectivity index (χ1n) is 10.4. The number of carbonyl (C=O) groups excluding carboxylic acids is 2. The molecular formula is C21H40O4. The van der Waals surface area contributed by atoms with Crippen molar-refractivity contribution in [3.63, 3.8) is 0 Å². The molecule has 0 aliphatic carbocycles. The fraction of sp³-hybridized carbons (Fsp3) is 0.905. The second-order valence-corrected chi connectivity index (χ2v) is 7.02. The molecule has 0 fully saturated rings. The summed E-state index contributed by atoms with van der Waals surface area (Å²) in [5, 5.41) is 0. The third-order valence-corrected chi connectivity index (χ3v) is 4.46. The van der Waals surface area contributed by atoms with Crippen LogP contribution in [0.5, 0.6) is 0 Å². The van der Waals surface area contributed by atoms with Crippen LogP contribution >= 0.6 is 0 Å². The molecule has 0 rings (SSSR count). The van der Waals surface area contributed by atoms with Crippen molar-refractivity contribution >= 4 is 11.9 Å². The van der Waals surface area contributed by atoms with Gasteiger partial charge in [0.05, 0.1) is 18.9 Å². The van der Waals surface area contributed by atoms with Gasteiger partial charge < -0.3 is 9.47 Å². The molecule has 0 saturated heterocycles. The maximum absolute atomic E-state index is 11.8. The summed E-state index contributed by atoms with van der Waals surface area (Å²) in [5.74, 6) is -0.583. The average molecular weight is 357 g/mol. The van der Waals surface area contributed by atoms with Gasteiger partial charge in [-0.25, -0.2) is 0 Å². The van der Waals surface area contributed by atoms with Crippen molar-refractivity contribution < 1.29 is 19.1 Å². The first kappa shape index (κ1) is 23.9. The molecule has 2 atom stereocenters. The lowest BCUT2D eigenvalue weighted by Gasteiger charge is -2.16. The lowest BCUT2D eigenvalue weighted by Crippen LogP contribution is -2.20. The Morgan fingerprint density at radius 2 is 1.28 bits per heavy atom. The SMILES string of the molecule is CCCCCCCCC(C)OC(=O)CCC(=O)OC(CC)CCCC. The molecule has 0 aromatic rings. The predicted octanol–water partition coefficient (Wildman–Crippen LogP) is 5.96. The minimum atomic E-state index is -0.294. The van der Waals surface area contributed by atoms with Gasteiger partial charge in [0.25, 0.3) is 0 Å². The number of esters is 2. The van der Waals surface area contributed by atoms with Gasteiger partial charge in [-0.1, -0.05) is 65.7 Å². The van der Waals surface area contributed by atoms with Crippen molar-refractivity contribution in [1.29, 1.82) is 0 Å². The summed E-state index contributed by atoms with van der Waals surface area (Å²) >= 11 is 0. The highest BCUT2D eigenvalue weighted by molar-refractivity contribution is 5.77. The fourth-order valence-electron chi connectivity index (χ4n) is 2.78. The van der Waals surface area contributed by atoms with Gasteiger partial charge in [-0.05, 0) is 32.6 Å². The number of rotatable bonds is 16. The molecule has 25 heavy (non-hydrogen) atoms. The topological polar surface area (TPSA) is 52.6 Å². The van der Waals surface area contributed by atoms with Gasteiger partial charge >= 0.3 is 11.9 Å². The molecule has 0 aromatic carbocycles. The molecule has 0 amide bonds. The lowest BCUT2D eigenvalue weighted by atomic mass is 10.1. The van der Waals surface area contributed by atoms with Gasteiger partial charge in [-0.15, -0.1) is 0 Å². The Morgan fingerprint density at radius 1 is 0.720 bits per heavy atom. The largest absolute Gasteiger partial charge is 0.463 e. The van der Waals surface area contributed by atoms with Gasteiger partial charge in [0.2, 0.25) is 0 Å². The number of unbranched alkanes of at least 4 members (excludes halogenated alkanes) is 6. The normalized spacial score (nSPS) is 13.3.